The van der Waals surface area contributed by atoms with Crippen molar-refractivity contribution < 1.29 is 14.6 Å². The maximum Gasteiger partial charge on any atom is 0.306 e. The lowest BCUT2D eigenvalue weighted by molar-refractivity contribution is -0.140. The summed E-state index contributed by atoms with van der Waals surface area (Å²) in [7, 11) is 1.37. The molecule has 0 aliphatic carbocycles. The summed E-state index contributed by atoms with van der Waals surface area (Å²) < 4.78 is 4.48. The van der Waals surface area contributed by atoms with Gasteiger partial charge in [0, 0.05) is 12.6 Å². The Bertz CT molecular complexity index is 148. The Labute approximate surface area is 79.3 Å². The number of carbonyl (C=O) groups excluding carboxylic acids is 1. The quantitative estimate of drug-likeness (QED) is 0.584. The Morgan fingerprint density at radius 2 is 2.15 bits per heavy atom. The van der Waals surface area contributed by atoms with Gasteiger partial charge in [0.2, 0.25) is 0 Å². The molecular weight excluding hydrogens is 170 g/mol. The molecular formula is C9H19NO3. The third-order valence-electron chi connectivity index (χ3n) is 1.96. The summed E-state index contributed by atoms with van der Waals surface area (Å²) in [6.45, 7) is 4.69. The van der Waals surface area contributed by atoms with Gasteiger partial charge >= 0.3 is 5.97 Å². The van der Waals surface area contributed by atoms with Crippen molar-refractivity contribution in [1.82, 2.24) is 5.32 Å². The molecule has 0 fully saturated rings. The van der Waals surface area contributed by atoms with Gasteiger partial charge < -0.3 is 15.2 Å². The van der Waals surface area contributed by atoms with Crippen molar-refractivity contribution in [2.45, 2.75) is 26.3 Å². The van der Waals surface area contributed by atoms with Crippen molar-refractivity contribution >= 4 is 5.97 Å². The van der Waals surface area contributed by atoms with Gasteiger partial charge in [-0.15, -0.1) is 0 Å². The van der Waals surface area contributed by atoms with Crippen LogP contribution in [0.4, 0.5) is 0 Å². The Hall–Kier alpha value is -0.610. The van der Waals surface area contributed by atoms with E-state index in [9.17, 15) is 4.79 Å². The molecule has 0 spiro atoms. The lowest BCUT2D eigenvalue weighted by Gasteiger charge is -2.19. The summed E-state index contributed by atoms with van der Waals surface area (Å²) in [6, 6.07) is 0.0599. The van der Waals surface area contributed by atoms with Crippen molar-refractivity contribution in [3.8, 4) is 0 Å². The first-order chi connectivity index (χ1) is 6.11. The van der Waals surface area contributed by atoms with E-state index in [-0.39, 0.29) is 18.6 Å². The van der Waals surface area contributed by atoms with Crippen LogP contribution in [-0.4, -0.2) is 37.4 Å². The highest BCUT2D eigenvalue weighted by molar-refractivity contribution is 5.69. The summed E-state index contributed by atoms with van der Waals surface area (Å²) in [5.41, 5.74) is 0. The molecule has 0 saturated carbocycles. The highest BCUT2D eigenvalue weighted by Gasteiger charge is 2.11. The van der Waals surface area contributed by atoms with E-state index in [1.807, 2.05) is 13.8 Å². The molecule has 0 amide bonds. The molecule has 0 rings (SSSR count). The Balaban J connectivity index is 3.55. The second kappa shape index (κ2) is 6.86. The van der Waals surface area contributed by atoms with Gasteiger partial charge in [0.15, 0.2) is 0 Å². The Morgan fingerprint density at radius 1 is 1.54 bits per heavy atom. The van der Waals surface area contributed by atoms with Gasteiger partial charge in [-0.25, -0.2) is 0 Å². The molecule has 0 aromatic heterocycles. The minimum Gasteiger partial charge on any atom is -0.469 e. The lowest BCUT2D eigenvalue weighted by atomic mass is 10.1. The van der Waals surface area contributed by atoms with Crippen LogP contribution in [0.2, 0.25) is 0 Å². The van der Waals surface area contributed by atoms with Gasteiger partial charge in [-0.3, -0.25) is 4.79 Å². The third kappa shape index (κ3) is 5.60. The van der Waals surface area contributed by atoms with Crippen molar-refractivity contribution in [2.75, 3.05) is 20.3 Å². The van der Waals surface area contributed by atoms with Crippen molar-refractivity contribution in [1.29, 1.82) is 0 Å². The zero-order valence-corrected chi connectivity index (χ0v) is 8.54. The molecule has 78 valence electrons. The zero-order valence-electron chi connectivity index (χ0n) is 8.54. The van der Waals surface area contributed by atoms with Gasteiger partial charge in [0.1, 0.15) is 0 Å². The average molecular weight is 189 g/mol. The van der Waals surface area contributed by atoms with Crippen molar-refractivity contribution in [3.05, 3.63) is 0 Å². The highest BCUT2D eigenvalue weighted by Crippen LogP contribution is 1.99. The molecule has 0 aromatic rings. The number of hydrogen-bond donors (Lipinski definition) is 2. The number of esters is 1. The second-order valence-electron chi connectivity index (χ2n) is 3.31. The first-order valence-corrected chi connectivity index (χ1v) is 4.52. The van der Waals surface area contributed by atoms with Crippen molar-refractivity contribution in [3.63, 3.8) is 0 Å². The lowest BCUT2D eigenvalue weighted by Crippen LogP contribution is -2.38. The minimum absolute atomic E-state index is 0.0599. The van der Waals surface area contributed by atoms with Crippen LogP contribution in [-0.2, 0) is 9.53 Å². The summed E-state index contributed by atoms with van der Waals surface area (Å²) >= 11 is 0. The van der Waals surface area contributed by atoms with Crippen LogP contribution in [0.3, 0.4) is 0 Å². The summed E-state index contributed by atoms with van der Waals surface area (Å²) in [5.74, 6) is 0.135. The molecule has 0 aliphatic heterocycles. The molecule has 0 saturated heterocycles. The van der Waals surface area contributed by atoms with Gasteiger partial charge in [0.25, 0.3) is 0 Å². The van der Waals surface area contributed by atoms with Crippen LogP contribution in [0.15, 0.2) is 0 Å². The van der Waals surface area contributed by atoms with E-state index >= 15 is 0 Å². The summed E-state index contributed by atoms with van der Waals surface area (Å²) in [6.07, 6.45) is 0.347. The molecule has 0 aliphatic rings. The van der Waals surface area contributed by atoms with Crippen LogP contribution in [0.1, 0.15) is 20.3 Å². The molecule has 4 heteroatoms. The van der Waals surface area contributed by atoms with Crippen LogP contribution in [0.5, 0.6) is 0 Å². The summed E-state index contributed by atoms with van der Waals surface area (Å²) in [4.78, 5) is 10.7. The molecule has 1 unspecified atom stereocenters. The number of ether oxygens (including phenoxy) is 1. The number of aliphatic hydroxyl groups is 1. The number of aliphatic hydroxyl groups excluding tert-OH is 1. The van der Waals surface area contributed by atoms with Crippen LogP contribution >= 0.6 is 0 Å². The second-order valence-corrected chi connectivity index (χ2v) is 3.31. The fourth-order valence-electron chi connectivity index (χ4n) is 0.973. The first kappa shape index (κ1) is 12.4. The molecule has 13 heavy (non-hydrogen) atoms. The predicted molar refractivity (Wildman–Crippen MR) is 50.3 cm³/mol. The molecule has 2 N–H and O–H groups in total. The molecule has 0 heterocycles. The highest BCUT2D eigenvalue weighted by atomic mass is 16.5. The number of hydrogen-bond acceptors (Lipinski definition) is 4. The molecule has 4 nitrogen and oxygen atoms in total. The average Bonchev–Trinajstić information content (AvgIpc) is 2.11. The fraction of sp³-hybridized carbons (Fsp3) is 0.889. The molecule has 0 bridgehead atoms. The topological polar surface area (TPSA) is 58.6 Å². The van der Waals surface area contributed by atoms with Gasteiger partial charge in [0.05, 0.1) is 20.1 Å². The smallest absolute Gasteiger partial charge is 0.306 e. The Kier molecular flexibility index (Phi) is 6.54. The Morgan fingerprint density at radius 3 is 2.54 bits per heavy atom. The number of carbonyl (C=O) groups is 1. The van der Waals surface area contributed by atoms with Crippen LogP contribution < -0.4 is 5.32 Å². The molecule has 0 radical (unpaired) electrons. The predicted octanol–water partition coefficient (Wildman–Crippen LogP) is 0.156. The molecule has 0 aromatic carbocycles. The maximum atomic E-state index is 10.7. The number of nitrogens with one attached hydrogen (secondary N) is 1. The van der Waals surface area contributed by atoms with Gasteiger partial charge in [-0.05, 0) is 5.92 Å². The van der Waals surface area contributed by atoms with E-state index in [4.69, 9.17) is 5.11 Å². The standard InChI is InChI=1S/C9H19NO3/c1-7(2)8(6-11)10-5-4-9(12)13-3/h7-8,10-11H,4-6H2,1-3H3. The zero-order chi connectivity index (χ0) is 10.3. The van der Waals surface area contributed by atoms with Gasteiger partial charge in [-0.1, -0.05) is 13.8 Å². The minimum atomic E-state index is -0.229. The van der Waals surface area contributed by atoms with E-state index in [0.29, 0.717) is 18.9 Å². The van der Waals surface area contributed by atoms with Crippen molar-refractivity contribution in [2.24, 2.45) is 5.92 Å². The number of methoxy groups -OCH3 is 1. The van der Waals surface area contributed by atoms with E-state index in [2.05, 4.69) is 10.1 Å². The van der Waals surface area contributed by atoms with Gasteiger partial charge in [-0.2, -0.15) is 0 Å². The van der Waals surface area contributed by atoms with E-state index in [0.717, 1.165) is 0 Å². The SMILES string of the molecule is COC(=O)CCNC(CO)C(C)C. The largest absolute Gasteiger partial charge is 0.469 e. The fourth-order valence-corrected chi connectivity index (χ4v) is 0.973. The monoisotopic (exact) mass is 189 g/mol. The van der Waals surface area contributed by atoms with E-state index in [1.165, 1.54) is 7.11 Å². The first-order valence-electron chi connectivity index (χ1n) is 4.52. The number of rotatable bonds is 6. The normalized spacial score (nSPS) is 13.0. The third-order valence-corrected chi connectivity index (χ3v) is 1.96. The van der Waals surface area contributed by atoms with E-state index in [1.54, 1.807) is 0 Å². The van der Waals surface area contributed by atoms with E-state index < -0.39 is 0 Å². The van der Waals surface area contributed by atoms with Crippen LogP contribution in [0.25, 0.3) is 0 Å². The maximum absolute atomic E-state index is 10.7. The summed E-state index contributed by atoms with van der Waals surface area (Å²) in [5, 5.41) is 12.0. The van der Waals surface area contributed by atoms with Crippen LogP contribution in [0, 0.1) is 5.92 Å². The molecule has 1 atom stereocenters.